The first kappa shape index (κ1) is 13.3. The van der Waals surface area contributed by atoms with Crippen molar-refractivity contribution in [3.63, 3.8) is 0 Å². The quantitative estimate of drug-likeness (QED) is 0.738. The zero-order valence-corrected chi connectivity index (χ0v) is 11.5. The minimum atomic E-state index is -0.330. The lowest BCUT2D eigenvalue weighted by Gasteiger charge is -2.36. The van der Waals surface area contributed by atoms with Crippen molar-refractivity contribution < 1.29 is 4.39 Å². The molecule has 0 N–H and O–H groups in total. The topological polar surface area (TPSA) is 15.6 Å². The molecule has 0 amide bonds. The van der Waals surface area contributed by atoms with E-state index in [1.54, 1.807) is 12.1 Å². The van der Waals surface area contributed by atoms with Gasteiger partial charge in [0, 0.05) is 17.6 Å². The Kier molecular flexibility index (Phi) is 4.23. The van der Waals surface area contributed by atoms with Crippen LogP contribution in [0.5, 0.6) is 0 Å². The molecular formula is C14H18ClFN2. The molecule has 1 heterocycles. The zero-order chi connectivity index (χ0) is 13.1. The number of hydrogen-bond acceptors (Lipinski definition) is 2. The van der Waals surface area contributed by atoms with Gasteiger partial charge in [-0.2, -0.15) is 5.10 Å². The Morgan fingerprint density at radius 3 is 2.61 bits per heavy atom. The second kappa shape index (κ2) is 5.70. The van der Waals surface area contributed by atoms with E-state index in [-0.39, 0.29) is 5.82 Å². The summed E-state index contributed by atoms with van der Waals surface area (Å²) in [6.07, 6.45) is 5.03. The van der Waals surface area contributed by atoms with Crippen LogP contribution in [0.15, 0.2) is 23.3 Å². The molecule has 1 saturated heterocycles. The van der Waals surface area contributed by atoms with Crippen LogP contribution >= 0.6 is 11.6 Å². The van der Waals surface area contributed by atoms with Crippen molar-refractivity contribution in [1.29, 1.82) is 0 Å². The van der Waals surface area contributed by atoms with Gasteiger partial charge >= 0.3 is 0 Å². The molecule has 0 aliphatic carbocycles. The van der Waals surface area contributed by atoms with Gasteiger partial charge in [0.15, 0.2) is 0 Å². The van der Waals surface area contributed by atoms with Crippen molar-refractivity contribution in [2.45, 2.75) is 45.2 Å². The summed E-state index contributed by atoms with van der Waals surface area (Å²) in [7, 11) is 0. The van der Waals surface area contributed by atoms with Crippen LogP contribution in [0.25, 0.3) is 0 Å². The van der Waals surface area contributed by atoms with Crippen molar-refractivity contribution in [2.75, 3.05) is 0 Å². The molecule has 2 rings (SSSR count). The monoisotopic (exact) mass is 268 g/mol. The van der Waals surface area contributed by atoms with Gasteiger partial charge in [-0.25, -0.2) is 4.39 Å². The average Bonchev–Trinajstić information content (AvgIpc) is 2.31. The van der Waals surface area contributed by atoms with Crippen LogP contribution in [0, 0.1) is 5.82 Å². The number of piperidine rings is 1. The standard InChI is InChI=1S/C14H18ClFN2/c1-10-5-3-6-11(2)18(10)17-9-12-13(15)7-4-8-14(12)16/h4,7-11H,3,5-6H2,1-2H3/t10-,11-/m1/s1. The molecule has 0 aromatic heterocycles. The molecule has 0 radical (unpaired) electrons. The van der Waals surface area contributed by atoms with E-state index in [1.165, 1.54) is 18.7 Å². The van der Waals surface area contributed by atoms with Crippen molar-refractivity contribution in [3.05, 3.63) is 34.6 Å². The van der Waals surface area contributed by atoms with Gasteiger partial charge in [0.05, 0.1) is 11.2 Å². The Morgan fingerprint density at radius 2 is 2.00 bits per heavy atom. The van der Waals surface area contributed by atoms with Crippen LogP contribution in [-0.4, -0.2) is 23.3 Å². The number of halogens is 2. The van der Waals surface area contributed by atoms with Gasteiger partial charge in [-0.3, -0.25) is 5.01 Å². The predicted molar refractivity (Wildman–Crippen MR) is 73.6 cm³/mol. The predicted octanol–water partition coefficient (Wildman–Crippen LogP) is 4.08. The molecule has 1 aromatic rings. The molecule has 0 unspecified atom stereocenters. The minimum absolute atomic E-state index is 0.330. The molecule has 0 saturated carbocycles. The summed E-state index contributed by atoms with van der Waals surface area (Å²) in [4.78, 5) is 0. The van der Waals surface area contributed by atoms with Crippen LogP contribution in [0.4, 0.5) is 4.39 Å². The van der Waals surface area contributed by atoms with Gasteiger partial charge in [0.1, 0.15) is 5.82 Å². The molecular weight excluding hydrogens is 251 g/mol. The van der Waals surface area contributed by atoms with Crippen LogP contribution in [-0.2, 0) is 0 Å². The first-order valence-electron chi connectivity index (χ1n) is 6.36. The van der Waals surface area contributed by atoms with Gasteiger partial charge in [-0.1, -0.05) is 17.7 Å². The number of rotatable bonds is 2. The molecule has 18 heavy (non-hydrogen) atoms. The SMILES string of the molecule is C[C@@H]1CCC[C@@H](C)N1N=Cc1c(F)cccc1Cl. The largest absolute Gasteiger partial charge is 0.292 e. The first-order valence-corrected chi connectivity index (χ1v) is 6.73. The first-order chi connectivity index (χ1) is 8.59. The molecule has 2 nitrogen and oxygen atoms in total. The number of nitrogens with zero attached hydrogens (tertiary/aromatic N) is 2. The second-order valence-corrected chi connectivity index (χ2v) is 5.30. The van der Waals surface area contributed by atoms with Crippen LogP contribution in [0.2, 0.25) is 5.02 Å². The van der Waals surface area contributed by atoms with Gasteiger partial charge in [-0.05, 0) is 45.2 Å². The highest BCUT2D eigenvalue weighted by Gasteiger charge is 2.22. The van der Waals surface area contributed by atoms with Crippen LogP contribution in [0.3, 0.4) is 0 Å². The Bertz CT molecular complexity index is 417. The third kappa shape index (κ3) is 2.83. The fourth-order valence-corrected chi connectivity index (χ4v) is 2.61. The third-order valence-electron chi connectivity index (χ3n) is 3.47. The summed E-state index contributed by atoms with van der Waals surface area (Å²) in [5.74, 6) is -0.330. The Hall–Kier alpha value is -1.09. The summed E-state index contributed by atoms with van der Waals surface area (Å²) >= 11 is 5.97. The van der Waals surface area contributed by atoms with Gasteiger partial charge in [0.2, 0.25) is 0 Å². The van der Waals surface area contributed by atoms with Crippen LogP contribution in [0.1, 0.15) is 38.7 Å². The Labute approximate surface area is 112 Å². The number of hydrogen-bond donors (Lipinski definition) is 0. The van der Waals surface area contributed by atoms with Crippen molar-refractivity contribution in [1.82, 2.24) is 5.01 Å². The Morgan fingerprint density at radius 1 is 1.33 bits per heavy atom. The normalized spacial score (nSPS) is 24.8. The van der Waals surface area contributed by atoms with E-state index < -0.39 is 0 Å². The molecule has 1 aliphatic rings. The summed E-state index contributed by atoms with van der Waals surface area (Å²) in [6.45, 7) is 4.30. The molecule has 4 heteroatoms. The Balaban J connectivity index is 2.19. The fourth-order valence-electron chi connectivity index (χ4n) is 2.39. The van der Waals surface area contributed by atoms with Crippen molar-refractivity contribution >= 4 is 17.8 Å². The van der Waals surface area contributed by atoms with Crippen LogP contribution < -0.4 is 0 Å². The lowest BCUT2D eigenvalue weighted by atomic mass is 10.00. The van der Waals surface area contributed by atoms with Gasteiger partial charge < -0.3 is 0 Å². The summed E-state index contributed by atoms with van der Waals surface area (Å²) in [5, 5.41) is 6.87. The lowest BCUT2D eigenvalue weighted by molar-refractivity contribution is 0.109. The highest BCUT2D eigenvalue weighted by atomic mass is 35.5. The molecule has 1 aromatic carbocycles. The van der Waals surface area contributed by atoms with Gasteiger partial charge in [-0.15, -0.1) is 0 Å². The maximum Gasteiger partial charge on any atom is 0.133 e. The second-order valence-electron chi connectivity index (χ2n) is 4.89. The van der Waals surface area contributed by atoms with Gasteiger partial charge in [0.25, 0.3) is 0 Å². The summed E-state index contributed by atoms with van der Waals surface area (Å²) in [5.41, 5.74) is 0.365. The van der Waals surface area contributed by atoms with E-state index in [4.69, 9.17) is 11.6 Å². The fraction of sp³-hybridized carbons (Fsp3) is 0.500. The maximum absolute atomic E-state index is 13.6. The maximum atomic E-state index is 13.6. The molecule has 98 valence electrons. The highest BCUT2D eigenvalue weighted by Crippen LogP contribution is 2.23. The van der Waals surface area contributed by atoms with Crippen molar-refractivity contribution in [3.8, 4) is 0 Å². The van der Waals surface area contributed by atoms with E-state index in [2.05, 4.69) is 18.9 Å². The average molecular weight is 269 g/mol. The third-order valence-corrected chi connectivity index (χ3v) is 3.80. The van der Waals surface area contributed by atoms with E-state index >= 15 is 0 Å². The minimum Gasteiger partial charge on any atom is -0.292 e. The molecule has 0 spiro atoms. The smallest absolute Gasteiger partial charge is 0.133 e. The zero-order valence-electron chi connectivity index (χ0n) is 10.7. The van der Waals surface area contributed by atoms with E-state index in [9.17, 15) is 4.39 Å². The molecule has 0 bridgehead atoms. The van der Waals surface area contributed by atoms with E-state index in [0.717, 1.165) is 12.8 Å². The molecule has 1 fully saturated rings. The van der Waals surface area contributed by atoms with Crippen molar-refractivity contribution in [2.24, 2.45) is 5.10 Å². The molecule has 1 aliphatic heterocycles. The van der Waals surface area contributed by atoms with E-state index in [1.807, 2.05) is 5.01 Å². The number of hydrazone groups is 1. The lowest BCUT2D eigenvalue weighted by Crippen LogP contribution is -2.39. The number of benzene rings is 1. The highest BCUT2D eigenvalue weighted by molar-refractivity contribution is 6.33. The summed E-state index contributed by atoms with van der Waals surface area (Å²) in [6, 6.07) is 5.47. The molecule has 2 atom stereocenters. The summed E-state index contributed by atoms with van der Waals surface area (Å²) < 4.78 is 13.6. The van der Waals surface area contributed by atoms with E-state index in [0.29, 0.717) is 22.7 Å².